The Kier molecular flexibility index (Phi) is 3.61. The molecule has 5 heteroatoms. The predicted octanol–water partition coefficient (Wildman–Crippen LogP) is 0.112. The van der Waals surface area contributed by atoms with E-state index in [1.165, 1.54) is 0 Å². The van der Waals surface area contributed by atoms with Crippen molar-refractivity contribution in [3.05, 3.63) is 0 Å². The van der Waals surface area contributed by atoms with Crippen LogP contribution in [0.2, 0.25) is 0 Å². The van der Waals surface area contributed by atoms with Gasteiger partial charge in [0, 0.05) is 25.0 Å². The van der Waals surface area contributed by atoms with E-state index in [0.29, 0.717) is 19.1 Å². The van der Waals surface area contributed by atoms with E-state index in [9.17, 15) is 9.59 Å². The van der Waals surface area contributed by atoms with Crippen LogP contribution in [-0.4, -0.2) is 47.9 Å². The third-order valence-electron chi connectivity index (χ3n) is 4.09. The van der Waals surface area contributed by atoms with Gasteiger partial charge in [0.05, 0.1) is 0 Å². The quantitative estimate of drug-likeness (QED) is 0.697. The van der Waals surface area contributed by atoms with E-state index in [4.69, 9.17) is 0 Å². The van der Waals surface area contributed by atoms with E-state index in [2.05, 4.69) is 17.6 Å². The fourth-order valence-corrected chi connectivity index (χ4v) is 2.86. The van der Waals surface area contributed by atoms with Gasteiger partial charge in [0.1, 0.15) is 5.54 Å². The van der Waals surface area contributed by atoms with Gasteiger partial charge in [-0.3, -0.25) is 9.59 Å². The summed E-state index contributed by atoms with van der Waals surface area (Å²) in [6.45, 7) is 7.82. The molecule has 2 aliphatic rings. The summed E-state index contributed by atoms with van der Waals surface area (Å²) in [6, 6.07) is 0.384. The maximum Gasteiger partial charge on any atom is 0.245 e. The summed E-state index contributed by atoms with van der Waals surface area (Å²) >= 11 is 0. The monoisotopic (exact) mass is 253 g/mol. The van der Waals surface area contributed by atoms with Crippen molar-refractivity contribution < 1.29 is 9.59 Å². The number of carbonyl (C=O) groups is 2. The Morgan fingerprint density at radius 1 is 1.39 bits per heavy atom. The standard InChI is InChI=1S/C13H23N3O2/c1-9-8-10(4-5-14-9)11(17)16-7-6-15-12(18)13(16,2)3/h9-10,14H,4-8H2,1-3H3,(H,15,18). The normalized spacial score (nSPS) is 31.9. The van der Waals surface area contributed by atoms with Crippen molar-refractivity contribution in [3.8, 4) is 0 Å². The lowest BCUT2D eigenvalue weighted by atomic mass is 9.89. The molecule has 2 fully saturated rings. The van der Waals surface area contributed by atoms with Gasteiger partial charge in [0.2, 0.25) is 11.8 Å². The van der Waals surface area contributed by atoms with Gasteiger partial charge in [-0.15, -0.1) is 0 Å². The average molecular weight is 253 g/mol. The van der Waals surface area contributed by atoms with Crippen LogP contribution in [0.25, 0.3) is 0 Å². The van der Waals surface area contributed by atoms with E-state index < -0.39 is 5.54 Å². The van der Waals surface area contributed by atoms with E-state index in [1.807, 2.05) is 13.8 Å². The van der Waals surface area contributed by atoms with Crippen LogP contribution in [0.3, 0.4) is 0 Å². The minimum absolute atomic E-state index is 0.0518. The van der Waals surface area contributed by atoms with Crippen LogP contribution in [0.1, 0.15) is 33.6 Å². The molecule has 0 bridgehead atoms. The van der Waals surface area contributed by atoms with Crippen molar-refractivity contribution in [3.63, 3.8) is 0 Å². The molecule has 2 amide bonds. The van der Waals surface area contributed by atoms with Crippen molar-refractivity contribution in [1.82, 2.24) is 15.5 Å². The van der Waals surface area contributed by atoms with E-state index >= 15 is 0 Å². The molecule has 0 saturated carbocycles. The zero-order chi connectivity index (χ0) is 13.3. The van der Waals surface area contributed by atoms with Crippen LogP contribution < -0.4 is 10.6 Å². The molecular formula is C13H23N3O2. The number of hydrogen-bond acceptors (Lipinski definition) is 3. The minimum atomic E-state index is -0.719. The highest BCUT2D eigenvalue weighted by molar-refractivity contribution is 5.92. The van der Waals surface area contributed by atoms with Gasteiger partial charge < -0.3 is 15.5 Å². The Balaban J connectivity index is 2.10. The van der Waals surface area contributed by atoms with Crippen LogP contribution >= 0.6 is 0 Å². The fraction of sp³-hybridized carbons (Fsp3) is 0.846. The molecule has 0 aliphatic carbocycles. The predicted molar refractivity (Wildman–Crippen MR) is 69.0 cm³/mol. The molecule has 2 atom stereocenters. The second kappa shape index (κ2) is 4.88. The number of amides is 2. The zero-order valence-electron chi connectivity index (χ0n) is 11.5. The third-order valence-corrected chi connectivity index (χ3v) is 4.09. The molecule has 2 rings (SSSR count). The van der Waals surface area contributed by atoms with Gasteiger partial charge in [0.15, 0.2) is 0 Å². The Morgan fingerprint density at radius 3 is 2.78 bits per heavy atom. The summed E-state index contributed by atoms with van der Waals surface area (Å²) in [5.74, 6) is 0.152. The molecule has 0 aromatic carbocycles. The summed E-state index contributed by atoms with van der Waals surface area (Å²) < 4.78 is 0. The number of piperazine rings is 1. The largest absolute Gasteiger partial charge is 0.352 e. The van der Waals surface area contributed by atoms with Gasteiger partial charge >= 0.3 is 0 Å². The molecule has 0 radical (unpaired) electrons. The summed E-state index contributed by atoms with van der Waals surface area (Å²) in [6.07, 6.45) is 1.74. The average Bonchev–Trinajstić information content (AvgIpc) is 2.32. The molecule has 2 aliphatic heterocycles. The first-order valence-corrected chi connectivity index (χ1v) is 6.76. The van der Waals surface area contributed by atoms with Gasteiger partial charge in [-0.05, 0) is 40.2 Å². The van der Waals surface area contributed by atoms with Gasteiger partial charge in [-0.1, -0.05) is 0 Å². The summed E-state index contributed by atoms with van der Waals surface area (Å²) in [4.78, 5) is 26.2. The molecule has 5 nitrogen and oxygen atoms in total. The van der Waals surface area contributed by atoms with E-state index in [0.717, 1.165) is 19.4 Å². The number of carbonyl (C=O) groups excluding carboxylic acids is 2. The number of hydrogen-bond donors (Lipinski definition) is 2. The second-order valence-corrected chi connectivity index (χ2v) is 5.88. The molecule has 18 heavy (non-hydrogen) atoms. The van der Waals surface area contributed by atoms with Gasteiger partial charge in [0.25, 0.3) is 0 Å². The number of piperidine rings is 1. The smallest absolute Gasteiger partial charge is 0.245 e. The highest BCUT2D eigenvalue weighted by Gasteiger charge is 2.42. The molecule has 2 N–H and O–H groups in total. The van der Waals surface area contributed by atoms with Crippen molar-refractivity contribution >= 4 is 11.8 Å². The number of rotatable bonds is 1. The van der Waals surface area contributed by atoms with Crippen LogP contribution in [0.15, 0.2) is 0 Å². The van der Waals surface area contributed by atoms with Crippen LogP contribution in [0.5, 0.6) is 0 Å². The second-order valence-electron chi connectivity index (χ2n) is 5.88. The minimum Gasteiger partial charge on any atom is -0.352 e. The first kappa shape index (κ1) is 13.3. The zero-order valence-corrected chi connectivity index (χ0v) is 11.5. The van der Waals surface area contributed by atoms with Crippen molar-refractivity contribution in [1.29, 1.82) is 0 Å². The highest BCUT2D eigenvalue weighted by atomic mass is 16.2. The molecule has 0 aromatic heterocycles. The lowest BCUT2D eigenvalue weighted by molar-refractivity contribution is -0.152. The Morgan fingerprint density at radius 2 is 2.11 bits per heavy atom. The Bertz CT molecular complexity index is 354. The van der Waals surface area contributed by atoms with Crippen LogP contribution in [0.4, 0.5) is 0 Å². The molecule has 0 spiro atoms. The molecule has 0 aromatic rings. The summed E-state index contributed by atoms with van der Waals surface area (Å²) in [5, 5.41) is 6.17. The highest BCUT2D eigenvalue weighted by Crippen LogP contribution is 2.25. The van der Waals surface area contributed by atoms with Gasteiger partial charge in [-0.25, -0.2) is 0 Å². The third kappa shape index (κ3) is 2.36. The Hall–Kier alpha value is -1.10. The lowest BCUT2D eigenvalue weighted by Crippen LogP contribution is -2.64. The van der Waals surface area contributed by atoms with Gasteiger partial charge in [-0.2, -0.15) is 0 Å². The maximum absolute atomic E-state index is 12.6. The van der Waals surface area contributed by atoms with Crippen LogP contribution in [0, 0.1) is 5.92 Å². The first-order valence-electron chi connectivity index (χ1n) is 6.76. The maximum atomic E-state index is 12.6. The SMILES string of the molecule is CC1CC(C(=O)N2CCNC(=O)C2(C)C)CCN1. The first-order chi connectivity index (χ1) is 8.43. The van der Waals surface area contributed by atoms with Crippen molar-refractivity contribution in [2.75, 3.05) is 19.6 Å². The fourth-order valence-electron chi connectivity index (χ4n) is 2.86. The lowest BCUT2D eigenvalue weighted by Gasteiger charge is -2.43. The topological polar surface area (TPSA) is 61.4 Å². The van der Waals surface area contributed by atoms with E-state index in [-0.39, 0.29) is 17.7 Å². The molecule has 2 unspecified atom stereocenters. The number of nitrogens with one attached hydrogen (secondary N) is 2. The Labute approximate surface area is 108 Å². The molecular weight excluding hydrogens is 230 g/mol. The van der Waals surface area contributed by atoms with Crippen molar-refractivity contribution in [2.45, 2.75) is 45.2 Å². The summed E-state index contributed by atoms with van der Waals surface area (Å²) in [7, 11) is 0. The summed E-state index contributed by atoms with van der Waals surface area (Å²) in [5.41, 5.74) is -0.719. The molecule has 2 heterocycles. The molecule has 2 saturated heterocycles. The number of nitrogens with zero attached hydrogens (tertiary/aromatic N) is 1. The van der Waals surface area contributed by atoms with Crippen LogP contribution in [-0.2, 0) is 9.59 Å². The molecule has 102 valence electrons. The van der Waals surface area contributed by atoms with Crippen molar-refractivity contribution in [2.24, 2.45) is 5.92 Å². The van der Waals surface area contributed by atoms with E-state index in [1.54, 1.807) is 4.90 Å².